The molecule has 2 N–H and O–H groups in total. The van der Waals surface area contributed by atoms with Crippen molar-refractivity contribution in [2.45, 2.75) is 64.4 Å². The molecule has 1 aliphatic heterocycles. The summed E-state index contributed by atoms with van der Waals surface area (Å²) in [6.45, 7) is 6.30. The van der Waals surface area contributed by atoms with Crippen LogP contribution in [0.5, 0.6) is 0 Å². The molecule has 0 amide bonds. The van der Waals surface area contributed by atoms with Crippen molar-refractivity contribution in [2.75, 3.05) is 0 Å². The van der Waals surface area contributed by atoms with Crippen LogP contribution in [-0.2, 0) is 14.4 Å². The molecule has 28 heavy (non-hydrogen) atoms. The predicted molar refractivity (Wildman–Crippen MR) is 102 cm³/mol. The Morgan fingerprint density at radius 2 is 1.96 bits per heavy atom. The van der Waals surface area contributed by atoms with Gasteiger partial charge < -0.3 is 19.8 Å². The number of carbonyl (C=O) groups is 1. The van der Waals surface area contributed by atoms with Gasteiger partial charge in [0.05, 0.1) is 11.0 Å². The first-order valence-electron chi connectivity index (χ1n) is 9.92. The van der Waals surface area contributed by atoms with E-state index < -0.39 is 30.0 Å². The van der Waals surface area contributed by atoms with E-state index in [1.807, 2.05) is 0 Å². The van der Waals surface area contributed by atoms with Crippen LogP contribution in [0.15, 0.2) is 30.3 Å². The second kappa shape index (κ2) is 8.49. The summed E-state index contributed by atoms with van der Waals surface area (Å²) in [5.74, 6) is 0.107. The predicted octanol–water partition coefficient (Wildman–Crippen LogP) is 2.35. The number of carbonyl (C=O) groups excluding carboxylic acids is 1. The third-order valence-corrected chi connectivity index (χ3v) is 5.89. The minimum atomic E-state index is -1.57. The van der Waals surface area contributed by atoms with Gasteiger partial charge in [-0.1, -0.05) is 57.5 Å². The van der Waals surface area contributed by atoms with Crippen molar-refractivity contribution in [3.63, 3.8) is 0 Å². The van der Waals surface area contributed by atoms with Crippen molar-refractivity contribution in [3.8, 4) is 0 Å². The fraction of sp³-hybridized carbons (Fsp3) is 0.619. The number of esters is 1. The lowest BCUT2D eigenvalue weighted by molar-refractivity contribution is -0.742. The maximum absolute atomic E-state index is 12.7. The summed E-state index contributed by atoms with van der Waals surface area (Å²) >= 11 is 0. The third kappa shape index (κ3) is 4.15. The highest BCUT2D eigenvalue weighted by molar-refractivity contribution is 6.36. The summed E-state index contributed by atoms with van der Waals surface area (Å²) < 4.78 is 5.65. The lowest BCUT2D eigenvalue weighted by atomic mass is 9.75. The van der Waals surface area contributed by atoms with E-state index in [0.717, 1.165) is 19.3 Å². The molecule has 0 aromatic heterocycles. The van der Waals surface area contributed by atoms with Crippen LogP contribution in [0.25, 0.3) is 0 Å². The molecule has 7 heteroatoms. The minimum Gasteiger partial charge on any atom is -0.454 e. The van der Waals surface area contributed by atoms with E-state index in [9.17, 15) is 20.2 Å². The average Bonchev–Trinajstić information content (AvgIpc) is 2.96. The van der Waals surface area contributed by atoms with Crippen LogP contribution in [0.2, 0.25) is 0 Å². The largest absolute Gasteiger partial charge is 0.454 e. The Bertz CT molecular complexity index is 719. The number of nitrogens with zero attached hydrogens (tertiary/aromatic N) is 1. The highest BCUT2D eigenvalue weighted by atomic mass is 16.9. The monoisotopic (exact) mass is 391 g/mol. The number of aliphatic hydroxyl groups excluding tert-OH is 2. The van der Waals surface area contributed by atoms with Gasteiger partial charge in [0.25, 0.3) is 0 Å². The molecule has 0 unspecified atom stereocenters. The standard InChI is InChI=1S/C21H29NO6/c1-12(2)15-10-9-13(3)11-16(15)27-21(25)17-19(24)20(28-22(17)26)18(23)14-7-5-4-6-8-14/h4-8,12-13,15-16,18-20,23-24H,9-11H2,1-3H3/t13-,15+,16-,18+,19+,20+/m1/s1. The zero-order valence-corrected chi connectivity index (χ0v) is 16.5. The molecule has 1 aliphatic carbocycles. The van der Waals surface area contributed by atoms with Crippen LogP contribution in [0.1, 0.15) is 51.7 Å². The van der Waals surface area contributed by atoms with Gasteiger partial charge in [0.2, 0.25) is 0 Å². The van der Waals surface area contributed by atoms with E-state index in [1.165, 1.54) is 0 Å². The highest BCUT2D eigenvalue weighted by Crippen LogP contribution is 2.36. The van der Waals surface area contributed by atoms with Crippen molar-refractivity contribution in [3.05, 3.63) is 41.1 Å². The molecule has 0 saturated heterocycles. The molecule has 6 atom stereocenters. The molecular formula is C21H29NO6. The summed E-state index contributed by atoms with van der Waals surface area (Å²) in [5, 5.41) is 33.2. The fourth-order valence-corrected chi connectivity index (χ4v) is 4.20. The Hall–Kier alpha value is -2.12. The average molecular weight is 391 g/mol. The Labute approximate surface area is 165 Å². The summed E-state index contributed by atoms with van der Waals surface area (Å²) in [5.41, 5.74) is -0.0312. The zero-order chi connectivity index (χ0) is 20.4. The molecule has 154 valence electrons. The highest BCUT2D eigenvalue weighted by Gasteiger charge is 2.49. The number of hydrogen-bond donors (Lipinski definition) is 2. The van der Waals surface area contributed by atoms with Crippen LogP contribution < -0.4 is 0 Å². The molecule has 1 heterocycles. The maximum atomic E-state index is 12.7. The van der Waals surface area contributed by atoms with E-state index in [1.54, 1.807) is 30.3 Å². The summed E-state index contributed by atoms with van der Waals surface area (Å²) in [6.07, 6.45) is -1.63. The Morgan fingerprint density at radius 3 is 2.61 bits per heavy atom. The molecular weight excluding hydrogens is 362 g/mol. The van der Waals surface area contributed by atoms with Gasteiger partial charge in [0.1, 0.15) is 12.2 Å². The zero-order valence-electron chi connectivity index (χ0n) is 16.5. The normalized spacial score (nSPS) is 31.6. The number of ether oxygens (including phenoxy) is 1. The molecule has 0 bridgehead atoms. The first kappa shape index (κ1) is 20.6. The van der Waals surface area contributed by atoms with E-state index >= 15 is 0 Å². The molecule has 1 saturated carbocycles. The number of aliphatic hydroxyl groups is 2. The Kier molecular flexibility index (Phi) is 6.25. The maximum Gasteiger partial charge on any atom is 0.408 e. The van der Waals surface area contributed by atoms with Crippen LogP contribution >= 0.6 is 0 Å². The van der Waals surface area contributed by atoms with Crippen molar-refractivity contribution in [1.29, 1.82) is 0 Å². The van der Waals surface area contributed by atoms with Gasteiger partial charge in [0, 0.05) is 0 Å². The molecule has 3 rings (SSSR count). The summed E-state index contributed by atoms with van der Waals surface area (Å²) in [7, 11) is 0. The van der Waals surface area contributed by atoms with E-state index in [0.29, 0.717) is 17.4 Å². The van der Waals surface area contributed by atoms with Crippen molar-refractivity contribution in [1.82, 2.24) is 0 Å². The first-order valence-corrected chi connectivity index (χ1v) is 9.92. The van der Waals surface area contributed by atoms with Gasteiger partial charge in [0.15, 0.2) is 6.10 Å². The van der Waals surface area contributed by atoms with Crippen LogP contribution in [-0.4, -0.2) is 45.1 Å². The van der Waals surface area contributed by atoms with E-state index in [-0.39, 0.29) is 16.9 Å². The molecule has 1 aromatic rings. The minimum absolute atomic E-state index is 0.0134. The molecule has 0 radical (unpaired) electrons. The van der Waals surface area contributed by atoms with E-state index in [4.69, 9.17) is 9.57 Å². The Balaban J connectivity index is 1.72. The molecule has 7 nitrogen and oxygen atoms in total. The number of benzene rings is 1. The summed E-state index contributed by atoms with van der Waals surface area (Å²) in [6, 6.07) is 8.55. The van der Waals surface area contributed by atoms with Gasteiger partial charge in [-0.05, 0) is 36.2 Å². The third-order valence-electron chi connectivity index (χ3n) is 5.89. The van der Waals surface area contributed by atoms with Gasteiger partial charge in [-0.15, -0.1) is 0 Å². The molecule has 1 fully saturated rings. The first-order chi connectivity index (χ1) is 13.3. The lowest BCUT2D eigenvalue weighted by Gasteiger charge is -2.36. The van der Waals surface area contributed by atoms with Gasteiger partial charge >= 0.3 is 11.7 Å². The summed E-state index contributed by atoms with van der Waals surface area (Å²) in [4.78, 5) is 17.7. The molecule has 1 aromatic carbocycles. The van der Waals surface area contributed by atoms with Crippen molar-refractivity contribution in [2.24, 2.45) is 17.8 Å². The van der Waals surface area contributed by atoms with Crippen LogP contribution in [0.4, 0.5) is 0 Å². The Morgan fingerprint density at radius 1 is 1.29 bits per heavy atom. The van der Waals surface area contributed by atoms with E-state index in [2.05, 4.69) is 20.8 Å². The van der Waals surface area contributed by atoms with Crippen LogP contribution in [0.3, 0.4) is 0 Å². The molecule has 0 spiro atoms. The topological polar surface area (TPSA) is 102 Å². The number of hydrogen-bond acceptors (Lipinski definition) is 6. The van der Waals surface area contributed by atoms with Crippen LogP contribution in [0, 0.1) is 23.0 Å². The SMILES string of the molecule is CC(C)[C@@H]1CC[C@@H](C)C[C@H]1OC(=O)C1=[N+]([O-])O[C@@H]([C@@H](O)c2ccccc2)[C@H]1O. The second-order valence-corrected chi connectivity index (χ2v) is 8.28. The van der Waals surface area contributed by atoms with Gasteiger partial charge in [-0.3, -0.25) is 5.21 Å². The smallest absolute Gasteiger partial charge is 0.408 e. The fourth-order valence-electron chi connectivity index (χ4n) is 4.20. The number of rotatable bonds is 5. The quantitative estimate of drug-likeness (QED) is 0.590. The lowest BCUT2D eigenvalue weighted by Crippen LogP contribution is -2.42. The molecule has 2 aliphatic rings. The second-order valence-electron chi connectivity index (χ2n) is 8.28. The van der Waals surface area contributed by atoms with Gasteiger partial charge in [-0.2, -0.15) is 0 Å². The van der Waals surface area contributed by atoms with Gasteiger partial charge in [-0.25, -0.2) is 4.79 Å². The van der Waals surface area contributed by atoms with Crippen molar-refractivity contribution >= 4 is 11.7 Å². The van der Waals surface area contributed by atoms with Crippen molar-refractivity contribution < 1.29 is 29.5 Å².